The number of fused-ring (bicyclic) bond motifs is 1. The second-order valence-corrected chi connectivity index (χ2v) is 5.07. The minimum absolute atomic E-state index is 0.00155. The summed E-state index contributed by atoms with van der Waals surface area (Å²) >= 11 is 5.71. The summed E-state index contributed by atoms with van der Waals surface area (Å²) in [7, 11) is 1.87. The molecule has 1 aromatic heterocycles. The number of benzene rings is 2. The summed E-state index contributed by atoms with van der Waals surface area (Å²) < 4.78 is 1.83. The highest BCUT2D eigenvalue weighted by atomic mass is 35.5. The van der Waals surface area contributed by atoms with Crippen molar-refractivity contribution in [2.75, 3.05) is 5.88 Å². The molecule has 100 valence electrons. The summed E-state index contributed by atoms with van der Waals surface area (Å²) in [4.78, 5) is 12.0. The predicted molar refractivity (Wildman–Crippen MR) is 83.4 cm³/mol. The molecule has 2 aromatic carbocycles. The lowest BCUT2D eigenvalue weighted by Crippen LogP contribution is -2.08. The molecule has 0 spiro atoms. The van der Waals surface area contributed by atoms with Crippen LogP contribution in [0.25, 0.3) is 21.9 Å². The van der Waals surface area contributed by atoms with Gasteiger partial charge in [0.1, 0.15) is 0 Å². The van der Waals surface area contributed by atoms with Crippen molar-refractivity contribution >= 4 is 28.2 Å². The van der Waals surface area contributed by atoms with Gasteiger partial charge in [0.2, 0.25) is 0 Å². The van der Waals surface area contributed by atoms with Gasteiger partial charge in [0.15, 0.2) is 5.78 Å². The second-order valence-electron chi connectivity index (χ2n) is 4.81. The molecule has 3 rings (SSSR count). The van der Waals surface area contributed by atoms with E-state index in [2.05, 4.69) is 24.3 Å². The van der Waals surface area contributed by atoms with Crippen LogP contribution in [0.2, 0.25) is 0 Å². The number of halogens is 1. The van der Waals surface area contributed by atoms with E-state index in [4.69, 9.17) is 11.6 Å². The Morgan fingerprint density at radius 1 is 1.10 bits per heavy atom. The van der Waals surface area contributed by atoms with Crippen molar-refractivity contribution in [1.82, 2.24) is 4.57 Å². The number of hydrogen-bond acceptors (Lipinski definition) is 1. The molecule has 0 N–H and O–H groups in total. The molecule has 2 nitrogen and oxygen atoms in total. The van der Waals surface area contributed by atoms with Crippen LogP contribution in [-0.4, -0.2) is 16.2 Å². The van der Waals surface area contributed by atoms with Crippen molar-refractivity contribution in [1.29, 1.82) is 0 Å². The molecule has 0 atom stereocenters. The van der Waals surface area contributed by atoms with Crippen molar-refractivity contribution < 1.29 is 4.79 Å². The fraction of sp³-hybridized carbons (Fsp3) is 0.118. The molecular weight excluding hydrogens is 270 g/mol. The molecule has 0 aliphatic rings. The minimum Gasteiger partial charge on any atom is -0.348 e. The Hall–Kier alpha value is -2.06. The molecule has 3 heteroatoms. The lowest BCUT2D eigenvalue weighted by Gasteiger charge is -2.07. The molecule has 0 saturated heterocycles. The van der Waals surface area contributed by atoms with Crippen molar-refractivity contribution in [3.63, 3.8) is 0 Å². The van der Waals surface area contributed by atoms with Crippen LogP contribution in [0.4, 0.5) is 0 Å². The molecule has 0 radical (unpaired) electrons. The number of aryl methyl sites for hydroxylation is 1. The molecule has 1 heterocycles. The summed E-state index contributed by atoms with van der Waals surface area (Å²) in [6.45, 7) is 0. The molecule has 0 aliphatic heterocycles. The van der Waals surface area contributed by atoms with Gasteiger partial charge in [-0.25, -0.2) is 0 Å². The van der Waals surface area contributed by atoms with Crippen molar-refractivity contribution in [3.8, 4) is 11.1 Å². The zero-order valence-electron chi connectivity index (χ0n) is 11.1. The highest BCUT2D eigenvalue weighted by Crippen LogP contribution is 2.28. The average molecular weight is 284 g/mol. The summed E-state index contributed by atoms with van der Waals surface area (Å²) in [5.74, 6) is -0.0550. The van der Waals surface area contributed by atoms with Gasteiger partial charge >= 0.3 is 0 Å². The van der Waals surface area contributed by atoms with Gasteiger partial charge in [-0.2, -0.15) is 0 Å². The summed E-state index contributed by atoms with van der Waals surface area (Å²) in [5, 5.41) is 2.36. The van der Waals surface area contributed by atoms with Gasteiger partial charge < -0.3 is 4.57 Å². The molecular formula is C17H14ClNO. The first kappa shape index (κ1) is 12.9. The number of carbonyl (C=O) groups is 1. The van der Waals surface area contributed by atoms with Crippen molar-refractivity contribution in [2.24, 2.45) is 7.05 Å². The van der Waals surface area contributed by atoms with E-state index in [9.17, 15) is 4.79 Å². The SMILES string of the molecule is Cn1ccc(-c2ccc3ccccc3c2)c1C(=O)CCl. The Labute approximate surface area is 122 Å². The summed E-state index contributed by atoms with van der Waals surface area (Å²) in [5.41, 5.74) is 2.64. The van der Waals surface area contributed by atoms with E-state index in [-0.39, 0.29) is 11.7 Å². The number of hydrogen-bond donors (Lipinski definition) is 0. The lowest BCUT2D eigenvalue weighted by atomic mass is 10.0. The smallest absolute Gasteiger partial charge is 0.194 e. The standard InChI is InChI=1S/C17H14ClNO/c1-19-9-8-15(17(19)16(20)11-18)14-7-6-12-4-2-3-5-13(12)10-14/h2-10H,11H2,1H3. The van der Waals surface area contributed by atoms with E-state index in [1.54, 1.807) is 0 Å². The van der Waals surface area contributed by atoms with Crippen LogP contribution in [-0.2, 0) is 7.05 Å². The Bertz CT molecular complexity index is 789. The first-order chi connectivity index (χ1) is 9.70. The van der Waals surface area contributed by atoms with E-state index >= 15 is 0 Å². The highest BCUT2D eigenvalue weighted by Gasteiger charge is 2.15. The zero-order chi connectivity index (χ0) is 14.1. The Balaban J connectivity index is 2.18. The number of ketones is 1. The molecule has 0 unspecified atom stereocenters. The van der Waals surface area contributed by atoms with Crippen LogP contribution < -0.4 is 0 Å². The third kappa shape index (κ3) is 2.12. The van der Waals surface area contributed by atoms with Crippen LogP contribution in [0.5, 0.6) is 0 Å². The van der Waals surface area contributed by atoms with Gasteiger partial charge in [-0.05, 0) is 28.5 Å². The van der Waals surface area contributed by atoms with E-state index in [1.165, 1.54) is 5.39 Å². The van der Waals surface area contributed by atoms with Crippen LogP contribution in [0.1, 0.15) is 10.5 Å². The number of rotatable bonds is 3. The second kappa shape index (κ2) is 5.14. The third-order valence-corrected chi connectivity index (χ3v) is 3.76. The normalized spacial score (nSPS) is 10.9. The maximum Gasteiger partial charge on any atom is 0.194 e. The summed E-state index contributed by atoms with van der Waals surface area (Å²) in [6.07, 6.45) is 1.89. The monoisotopic (exact) mass is 283 g/mol. The van der Waals surface area contributed by atoms with Crippen LogP contribution in [0.15, 0.2) is 54.7 Å². The average Bonchev–Trinajstić information content (AvgIpc) is 2.87. The number of aromatic nitrogens is 1. The topological polar surface area (TPSA) is 22.0 Å². The maximum atomic E-state index is 12.0. The Morgan fingerprint density at radius 3 is 2.60 bits per heavy atom. The van der Waals surface area contributed by atoms with Gasteiger partial charge in [0, 0.05) is 18.8 Å². The first-order valence-corrected chi connectivity index (χ1v) is 6.98. The van der Waals surface area contributed by atoms with Gasteiger partial charge in [-0.3, -0.25) is 4.79 Å². The maximum absolute atomic E-state index is 12.0. The first-order valence-electron chi connectivity index (χ1n) is 6.44. The van der Waals surface area contributed by atoms with E-state index < -0.39 is 0 Å². The third-order valence-electron chi connectivity index (χ3n) is 3.52. The quantitative estimate of drug-likeness (QED) is 0.520. The van der Waals surface area contributed by atoms with Crippen molar-refractivity contribution in [2.45, 2.75) is 0 Å². The van der Waals surface area contributed by atoms with Gasteiger partial charge in [-0.15, -0.1) is 11.6 Å². The molecule has 3 aromatic rings. The molecule has 0 saturated carbocycles. The Morgan fingerprint density at radius 2 is 1.85 bits per heavy atom. The predicted octanol–water partition coefficient (Wildman–Crippen LogP) is 4.27. The molecule has 0 aliphatic carbocycles. The number of alkyl halides is 1. The van der Waals surface area contributed by atoms with Gasteiger partial charge in [0.25, 0.3) is 0 Å². The largest absolute Gasteiger partial charge is 0.348 e. The van der Waals surface area contributed by atoms with Crippen molar-refractivity contribution in [3.05, 3.63) is 60.4 Å². The van der Waals surface area contributed by atoms with E-state index in [0.717, 1.165) is 16.5 Å². The molecule has 0 amide bonds. The van der Waals surface area contributed by atoms with Gasteiger partial charge in [-0.1, -0.05) is 36.4 Å². The number of nitrogens with zero attached hydrogens (tertiary/aromatic N) is 1. The summed E-state index contributed by atoms with van der Waals surface area (Å²) in [6, 6.07) is 16.4. The highest BCUT2D eigenvalue weighted by molar-refractivity contribution is 6.31. The zero-order valence-corrected chi connectivity index (χ0v) is 11.9. The van der Waals surface area contributed by atoms with Crippen LogP contribution >= 0.6 is 11.6 Å². The minimum atomic E-state index is -0.0534. The van der Waals surface area contributed by atoms with E-state index in [1.807, 2.05) is 42.1 Å². The number of Topliss-reactive ketones (excluding diaryl/α,β-unsaturated/α-hetero) is 1. The molecule has 0 bridgehead atoms. The van der Waals surface area contributed by atoms with Crippen LogP contribution in [0, 0.1) is 0 Å². The molecule has 0 fully saturated rings. The Kier molecular flexibility index (Phi) is 3.33. The fourth-order valence-electron chi connectivity index (χ4n) is 2.53. The lowest BCUT2D eigenvalue weighted by molar-refractivity contribution is 0.101. The fourth-order valence-corrected chi connectivity index (χ4v) is 2.66. The molecule has 20 heavy (non-hydrogen) atoms. The van der Waals surface area contributed by atoms with E-state index in [0.29, 0.717) is 5.69 Å². The van der Waals surface area contributed by atoms with Gasteiger partial charge in [0.05, 0.1) is 11.6 Å². The van der Waals surface area contributed by atoms with Crippen LogP contribution in [0.3, 0.4) is 0 Å². The number of carbonyl (C=O) groups excluding carboxylic acids is 1.